The molecule has 7 nitrogen and oxygen atoms in total. The van der Waals surface area contributed by atoms with Crippen molar-refractivity contribution >= 4 is 23.7 Å². The van der Waals surface area contributed by atoms with E-state index in [1.54, 1.807) is 36.4 Å². The summed E-state index contributed by atoms with van der Waals surface area (Å²) in [6.45, 7) is 3.98. The molecule has 0 bridgehead atoms. The Morgan fingerprint density at radius 2 is 1.71 bits per heavy atom. The van der Waals surface area contributed by atoms with E-state index >= 15 is 0 Å². The van der Waals surface area contributed by atoms with Crippen LogP contribution < -0.4 is 20.2 Å². The maximum Gasteiger partial charge on any atom is 0.240 e. The topological polar surface area (TPSA) is 89.0 Å². The van der Waals surface area contributed by atoms with E-state index < -0.39 is 0 Å². The van der Waals surface area contributed by atoms with Crippen LogP contribution in [0.4, 0.5) is 5.69 Å². The Hall–Kier alpha value is -3.61. The van der Waals surface area contributed by atoms with Crippen molar-refractivity contribution in [1.82, 2.24) is 5.43 Å². The van der Waals surface area contributed by atoms with E-state index in [9.17, 15) is 9.59 Å². The highest BCUT2D eigenvalue weighted by molar-refractivity contribution is 5.94. The molecule has 0 atom stereocenters. The van der Waals surface area contributed by atoms with E-state index in [4.69, 9.17) is 9.47 Å². The molecule has 0 spiro atoms. The summed E-state index contributed by atoms with van der Waals surface area (Å²) >= 11 is 0. The molecule has 0 aromatic heterocycles. The summed E-state index contributed by atoms with van der Waals surface area (Å²) in [4.78, 5) is 23.9. The zero-order chi connectivity index (χ0) is 20.2. The number of anilines is 1. The van der Waals surface area contributed by atoms with Gasteiger partial charge in [0.25, 0.3) is 0 Å². The number of nitrogens with zero attached hydrogens (tertiary/aromatic N) is 1. The van der Waals surface area contributed by atoms with Crippen LogP contribution in [0.3, 0.4) is 0 Å². The van der Waals surface area contributed by atoms with Crippen LogP contribution in [0, 0.1) is 0 Å². The SMILES string of the molecule is C=CCOc1ccccc1C=NNC(=O)CCC(=O)Nc1ccccc1OC. The third-order valence-electron chi connectivity index (χ3n) is 3.63. The lowest BCUT2D eigenvalue weighted by molar-refractivity contribution is -0.124. The van der Waals surface area contributed by atoms with Gasteiger partial charge >= 0.3 is 0 Å². The maximum atomic E-state index is 12.0. The largest absolute Gasteiger partial charge is 0.495 e. The molecule has 0 unspecified atom stereocenters. The van der Waals surface area contributed by atoms with Gasteiger partial charge in [-0.25, -0.2) is 5.43 Å². The summed E-state index contributed by atoms with van der Waals surface area (Å²) in [6.07, 6.45) is 3.17. The van der Waals surface area contributed by atoms with E-state index in [0.717, 1.165) is 5.56 Å². The van der Waals surface area contributed by atoms with E-state index in [1.165, 1.54) is 13.3 Å². The smallest absolute Gasteiger partial charge is 0.240 e. The van der Waals surface area contributed by atoms with Gasteiger partial charge in [-0.3, -0.25) is 9.59 Å². The molecular weight excluding hydrogens is 358 g/mol. The van der Waals surface area contributed by atoms with E-state index in [-0.39, 0.29) is 24.7 Å². The molecule has 0 aliphatic heterocycles. The Bertz CT molecular complexity index is 849. The first-order valence-electron chi connectivity index (χ1n) is 8.71. The molecule has 0 aliphatic carbocycles. The van der Waals surface area contributed by atoms with Crippen LogP contribution in [-0.2, 0) is 9.59 Å². The average Bonchev–Trinajstić information content (AvgIpc) is 2.72. The standard InChI is InChI=1S/C21H23N3O4/c1-3-14-28-18-10-6-4-8-16(18)15-22-24-21(26)13-12-20(25)23-17-9-5-7-11-19(17)27-2/h3-11,15H,1,12-14H2,2H3,(H,23,25)(H,24,26). The number of carbonyl (C=O) groups is 2. The van der Waals surface area contributed by atoms with Crippen molar-refractivity contribution in [3.63, 3.8) is 0 Å². The quantitative estimate of drug-likeness (QED) is 0.376. The Labute approximate surface area is 164 Å². The number of amides is 2. The highest BCUT2D eigenvalue weighted by Crippen LogP contribution is 2.23. The van der Waals surface area contributed by atoms with E-state index in [0.29, 0.717) is 23.8 Å². The van der Waals surface area contributed by atoms with Crippen LogP contribution in [0.1, 0.15) is 18.4 Å². The first-order valence-corrected chi connectivity index (χ1v) is 8.71. The van der Waals surface area contributed by atoms with Crippen LogP contribution in [0.15, 0.2) is 66.3 Å². The van der Waals surface area contributed by atoms with Crippen LogP contribution in [-0.4, -0.2) is 31.7 Å². The van der Waals surface area contributed by atoms with Crippen molar-refractivity contribution < 1.29 is 19.1 Å². The summed E-state index contributed by atoms with van der Waals surface area (Å²) in [5, 5.41) is 6.64. The summed E-state index contributed by atoms with van der Waals surface area (Å²) in [7, 11) is 1.52. The molecule has 0 saturated heterocycles. The number of para-hydroxylation sites is 3. The zero-order valence-corrected chi connectivity index (χ0v) is 15.7. The van der Waals surface area contributed by atoms with Gasteiger partial charge in [-0.15, -0.1) is 0 Å². The molecule has 0 aliphatic rings. The number of hydrogen-bond donors (Lipinski definition) is 2. The molecule has 2 N–H and O–H groups in total. The van der Waals surface area contributed by atoms with Crippen LogP contribution in [0.5, 0.6) is 11.5 Å². The summed E-state index contributed by atoms with van der Waals surface area (Å²) in [5.74, 6) is 0.543. The fourth-order valence-electron chi connectivity index (χ4n) is 2.28. The van der Waals surface area contributed by atoms with Gasteiger partial charge in [0.2, 0.25) is 11.8 Å². The third-order valence-corrected chi connectivity index (χ3v) is 3.63. The van der Waals surface area contributed by atoms with Gasteiger partial charge in [0.1, 0.15) is 18.1 Å². The number of ether oxygens (including phenoxy) is 2. The van der Waals surface area contributed by atoms with Gasteiger partial charge in [-0.05, 0) is 24.3 Å². The minimum Gasteiger partial charge on any atom is -0.495 e. The number of benzene rings is 2. The highest BCUT2D eigenvalue weighted by Gasteiger charge is 2.09. The molecule has 0 fully saturated rings. The Morgan fingerprint density at radius 1 is 1.04 bits per heavy atom. The number of rotatable bonds is 10. The molecule has 0 heterocycles. The monoisotopic (exact) mass is 381 g/mol. The molecule has 7 heteroatoms. The second-order valence-electron chi connectivity index (χ2n) is 5.68. The van der Waals surface area contributed by atoms with Crippen molar-refractivity contribution in [2.75, 3.05) is 19.0 Å². The number of carbonyl (C=O) groups excluding carboxylic acids is 2. The Balaban J connectivity index is 1.80. The minimum atomic E-state index is -0.365. The number of hydrazone groups is 1. The molecule has 2 amide bonds. The maximum absolute atomic E-state index is 12.0. The summed E-state index contributed by atoms with van der Waals surface area (Å²) in [5.41, 5.74) is 3.69. The zero-order valence-electron chi connectivity index (χ0n) is 15.7. The number of nitrogens with one attached hydrogen (secondary N) is 2. The van der Waals surface area contributed by atoms with Gasteiger partial charge in [-0.1, -0.05) is 36.9 Å². The number of hydrogen-bond acceptors (Lipinski definition) is 5. The predicted molar refractivity (Wildman–Crippen MR) is 109 cm³/mol. The molecule has 146 valence electrons. The first-order chi connectivity index (χ1) is 13.6. The fourth-order valence-corrected chi connectivity index (χ4v) is 2.28. The molecule has 28 heavy (non-hydrogen) atoms. The molecule has 0 radical (unpaired) electrons. The Morgan fingerprint density at radius 3 is 2.46 bits per heavy atom. The number of methoxy groups -OCH3 is 1. The first kappa shape index (κ1) is 20.7. The lowest BCUT2D eigenvalue weighted by Crippen LogP contribution is -2.20. The predicted octanol–water partition coefficient (Wildman–Crippen LogP) is 3.13. The van der Waals surface area contributed by atoms with Crippen molar-refractivity contribution in [2.24, 2.45) is 5.10 Å². The fraction of sp³-hybridized carbons (Fsp3) is 0.190. The summed E-state index contributed by atoms with van der Waals surface area (Å²) in [6, 6.07) is 14.4. The molecule has 2 aromatic carbocycles. The second-order valence-corrected chi connectivity index (χ2v) is 5.68. The van der Waals surface area contributed by atoms with Gasteiger partial charge in [-0.2, -0.15) is 5.10 Å². The van der Waals surface area contributed by atoms with Gasteiger partial charge in [0.05, 0.1) is 19.0 Å². The van der Waals surface area contributed by atoms with Crippen molar-refractivity contribution in [3.05, 3.63) is 66.7 Å². The normalized spacial score (nSPS) is 10.3. The second kappa shape index (κ2) is 11.2. The third kappa shape index (κ3) is 6.60. The van der Waals surface area contributed by atoms with Crippen LogP contribution in [0.2, 0.25) is 0 Å². The average molecular weight is 381 g/mol. The van der Waals surface area contributed by atoms with Crippen molar-refractivity contribution in [1.29, 1.82) is 0 Å². The van der Waals surface area contributed by atoms with E-state index in [1.807, 2.05) is 18.2 Å². The molecule has 0 saturated carbocycles. The molecular formula is C21H23N3O4. The van der Waals surface area contributed by atoms with Crippen molar-refractivity contribution in [3.8, 4) is 11.5 Å². The lowest BCUT2D eigenvalue weighted by atomic mass is 10.2. The summed E-state index contributed by atoms with van der Waals surface area (Å²) < 4.78 is 10.7. The van der Waals surface area contributed by atoms with Gasteiger partial charge in [0, 0.05) is 18.4 Å². The molecule has 2 aromatic rings. The minimum absolute atomic E-state index is 0.00688. The Kier molecular flexibility index (Phi) is 8.26. The van der Waals surface area contributed by atoms with Crippen LogP contribution >= 0.6 is 0 Å². The lowest BCUT2D eigenvalue weighted by Gasteiger charge is -2.09. The van der Waals surface area contributed by atoms with E-state index in [2.05, 4.69) is 22.4 Å². The van der Waals surface area contributed by atoms with Gasteiger partial charge < -0.3 is 14.8 Å². The highest BCUT2D eigenvalue weighted by atomic mass is 16.5. The van der Waals surface area contributed by atoms with Crippen molar-refractivity contribution in [2.45, 2.75) is 12.8 Å². The van der Waals surface area contributed by atoms with Crippen LogP contribution in [0.25, 0.3) is 0 Å². The molecule has 2 rings (SSSR count). The van der Waals surface area contributed by atoms with Gasteiger partial charge in [0.15, 0.2) is 0 Å².